The summed E-state index contributed by atoms with van der Waals surface area (Å²) in [5, 5.41) is 26.0. The third kappa shape index (κ3) is 2.49. The first-order valence-electron chi connectivity index (χ1n) is 4.56. The molecule has 3 heteroatoms. The summed E-state index contributed by atoms with van der Waals surface area (Å²) in [4.78, 5) is 0. The minimum atomic E-state index is 0.0606. The molecular weight excluding hydrogens is 178 g/mol. The van der Waals surface area contributed by atoms with Gasteiger partial charge in [-0.25, -0.2) is 0 Å². The van der Waals surface area contributed by atoms with Crippen LogP contribution < -0.4 is 0 Å². The summed E-state index contributed by atoms with van der Waals surface area (Å²) in [6.07, 6.45) is 0.626. The van der Waals surface area contributed by atoms with E-state index in [1.165, 1.54) is 6.07 Å². The molecule has 0 spiro atoms. The first kappa shape index (κ1) is 10.6. The molecule has 0 aliphatic heterocycles. The zero-order chi connectivity index (χ0) is 10.7. The Morgan fingerprint density at radius 3 is 2.57 bits per heavy atom. The zero-order valence-corrected chi connectivity index (χ0v) is 8.41. The highest BCUT2D eigenvalue weighted by molar-refractivity contribution is 5.81. The standard InChI is InChI=1S/C11H15NO2/c1-7(8(2)12)5-9-3-4-10(13)6-11(9)14/h3-4,6-7,12-14H,5H2,1-2H3. The number of aromatic hydroxyl groups is 2. The van der Waals surface area contributed by atoms with Gasteiger partial charge in [-0.05, 0) is 30.9 Å². The van der Waals surface area contributed by atoms with E-state index in [1.54, 1.807) is 19.1 Å². The Morgan fingerprint density at radius 2 is 2.07 bits per heavy atom. The van der Waals surface area contributed by atoms with E-state index in [4.69, 9.17) is 10.5 Å². The van der Waals surface area contributed by atoms with Crippen molar-refractivity contribution < 1.29 is 10.2 Å². The lowest BCUT2D eigenvalue weighted by molar-refractivity contribution is 0.444. The van der Waals surface area contributed by atoms with Crippen molar-refractivity contribution in [1.82, 2.24) is 0 Å². The molecule has 3 N–H and O–H groups in total. The summed E-state index contributed by atoms with van der Waals surface area (Å²) < 4.78 is 0. The highest BCUT2D eigenvalue weighted by Gasteiger charge is 2.09. The van der Waals surface area contributed by atoms with Gasteiger partial charge < -0.3 is 15.6 Å². The van der Waals surface area contributed by atoms with Crippen molar-refractivity contribution >= 4 is 5.71 Å². The molecule has 0 aromatic heterocycles. The third-order valence-corrected chi connectivity index (χ3v) is 2.33. The van der Waals surface area contributed by atoms with Crippen LogP contribution in [0.5, 0.6) is 11.5 Å². The number of benzene rings is 1. The van der Waals surface area contributed by atoms with Crippen molar-refractivity contribution in [1.29, 1.82) is 5.41 Å². The lowest BCUT2D eigenvalue weighted by Crippen LogP contribution is -2.08. The zero-order valence-electron chi connectivity index (χ0n) is 8.41. The second kappa shape index (κ2) is 4.13. The van der Waals surface area contributed by atoms with Crippen LogP contribution >= 0.6 is 0 Å². The summed E-state index contributed by atoms with van der Waals surface area (Å²) >= 11 is 0. The molecule has 76 valence electrons. The smallest absolute Gasteiger partial charge is 0.122 e. The van der Waals surface area contributed by atoms with Crippen molar-refractivity contribution in [2.75, 3.05) is 0 Å². The Morgan fingerprint density at radius 1 is 1.43 bits per heavy atom. The molecule has 0 aliphatic rings. The Balaban J connectivity index is 2.82. The monoisotopic (exact) mass is 193 g/mol. The summed E-state index contributed by atoms with van der Waals surface area (Å²) in [7, 11) is 0. The van der Waals surface area contributed by atoms with E-state index in [0.29, 0.717) is 12.1 Å². The van der Waals surface area contributed by atoms with E-state index in [2.05, 4.69) is 0 Å². The van der Waals surface area contributed by atoms with Gasteiger partial charge in [-0.3, -0.25) is 0 Å². The second-order valence-electron chi connectivity index (χ2n) is 3.60. The number of nitrogens with one attached hydrogen (secondary N) is 1. The SMILES string of the molecule is CC(=N)C(C)Cc1ccc(O)cc1O. The van der Waals surface area contributed by atoms with Crippen LogP contribution in [0.25, 0.3) is 0 Å². The maximum Gasteiger partial charge on any atom is 0.122 e. The number of phenols is 2. The lowest BCUT2D eigenvalue weighted by atomic mass is 9.97. The van der Waals surface area contributed by atoms with E-state index >= 15 is 0 Å². The van der Waals surface area contributed by atoms with E-state index < -0.39 is 0 Å². The average molecular weight is 193 g/mol. The van der Waals surface area contributed by atoms with Gasteiger partial charge in [0.05, 0.1) is 0 Å². The maximum atomic E-state index is 9.49. The van der Waals surface area contributed by atoms with Crippen molar-refractivity contribution in [3.63, 3.8) is 0 Å². The molecule has 1 rings (SSSR count). The fraction of sp³-hybridized carbons (Fsp3) is 0.364. The normalized spacial score (nSPS) is 12.4. The summed E-state index contributed by atoms with van der Waals surface area (Å²) in [5.41, 5.74) is 1.36. The summed E-state index contributed by atoms with van der Waals surface area (Å²) in [6, 6.07) is 4.55. The van der Waals surface area contributed by atoms with Gasteiger partial charge in [0.15, 0.2) is 0 Å². The third-order valence-electron chi connectivity index (χ3n) is 2.33. The van der Waals surface area contributed by atoms with Crippen molar-refractivity contribution in [2.45, 2.75) is 20.3 Å². The number of hydrogen-bond donors (Lipinski definition) is 3. The van der Waals surface area contributed by atoms with E-state index in [1.807, 2.05) is 6.92 Å². The molecule has 1 aromatic rings. The molecule has 1 unspecified atom stereocenters. The molecule has 3 nitrogen and oxygen atoms in total. The number of hydrogen-bond acceptors (Lipinski definition) is 3. The van der Waals surface area contributed by atoms with Crippen molar-refractivity contribution in [2.24, 2.45) is 5.92 Å². The van der Waals surface area contributed by atoms with Crippen LogP contribution in [-0.2, 0) is 6.42 Å². The summed E-state index contributed by atoms with van der Waals surface area (Å²) in [6.45, 7) is 3.69. The molecule has 14 heavy (non-hydrogen) atoms. The van der Waals surface area contributed by atoms with Gasteiger partial charge in [-0.2, -0.15) is 0 Å². The van der Waals surface area contributed by atoms with E-state index in [0.717, 1.165) is 5.56 Å². The number of rotatable bonds is 3. The Hall–Kier alpha value is -1.51. The fourth-order valence-electron chi connectivity index (χ4n) is 1.21. The van der Waals surface area contributed by atoms with Crippen LogP contribution in [0.3, 0.4) is 0 Å². The van der Waals surface area contributed by atoms with Gasteiger partial charge in [0.2, 0.25) is 0 Å². The summed E-state index contributed by atoms with van der Waals surface area (Å²) in [5.74, 6) is 0.272. The molecule has 0 aliphatic carbocycles. The van der Waals surface area contributed by atoms with Gasteiger partial charge >= 0.3 is 0 Å². The maximum absolute atomic E-state index is 9.49. The van der Waals surface area contributed by atoms with Crippen LogP contribution in [0.1, 0.15) is 19.4 Å². The Kier molecular flexibility index (Phi) is 3.12. The Bertz CT molecular complexity index is 347. The van der Waals surface area contributed by atoms with E-state index in [9.17, 15) is 5.11 Å². The molecule has 0 amide bonds. The highest BCUT2D eigenvalue weighted by Crippen LogP contribution is 2.24. The van der Waals surface area contributed by atoms with Gasteiger partial charge in [-0.1, -0.05) is 13.0 Å². The van der Waals surface area contributed by atoms with Crippen LogP contribution in [0.4, 0.5) is 0 Å². The minimum Gasteiger partial charge on any atom is -0.508 e. The minimum absolute atomic E-state index is 0.0606. The Labute approximate surface area is 83.5 Å². The molecule has 1 atom stereocenters. The molecule has 0 saturated heterocycles. The van der Waals surface area contributed by atoms with Crippen LogP contribution in [-0.4, -0.2) is 15.9 Å². The second-order valence-corrected chi connectivity index (χ2v) is 3.60. The predicted molar refractivity (Wildman–Crippen MR) is 56.0 cm³/mol. The van der Waals surface area contributed by atoms with Crippen LogP contribution in [0.15, 0.2) is 18.2 Å². The van der Waals surface area contributed by atoms with Crippen LogP contribution in [0, 0.1) is 11.3 Å². The molecule has 0 bridgehead atoms. The first-order chi connectivity index (χ1) is 6.50. The average Bonchev–Trinajstić information content (AvgIpc) is 2.09. The molecule has 0 fully saturated rings. The van der Waals surface area contributed by atoms with Gasteiger partial charge in [0, 0.05) is 11.8 Å². The quantitative estimate of drug-likeness (QED) is 0.645. The fourth-order valence-corrected chi connectivity index (χ4v) is 1.21. The molecule has 0 heterocycles. The molecule has 0 saturated carbocycles. The molecule has 0 radical (unpaired) electrons. The number of phenolic OH excluding ortho intramolecular Hbond substituents is 2. The topological polar surface area (TPSA) is 64.3 Å². The van der Waals surface area contributed by atoms with Gasteiger partial charge in [-0.15, -0.1) is 0 Å². The lowest BCUT2D eigenvalue weighted by Gasteiger charge is -2.10. The van der Waals surface area contributed by atoms with Gasteiger partial charge in [0.1, 0.15) is 11.5 Å². The van der Waals surface area contributed by atoms with Crippen molar-refractivity contribution in [3.05, 3.63) is 23.8 Å². The van der Waals surface area contributed by atoms with E-state index in [-0.39, 0.29) is 17.4 Å². The first-order valence-corrected chi connectivity index (χ1v) is 4.56. The molecule has 1 aromatic carbocycles. The van der Waals surface area contributed by atoms with Crippen LogP contribution in [0.2, 0.25) is 0 Å². The molecular formula is C11H15NO2. The highest BCUT2D eigenvalue weighted by atomic mass is 16.3. The largest absolute Gasteiger partial charge is 0.508 e. The van der Waals surface area contributed by atoms with Gasteiger partial charge in [0.25, 0.3) is 0 Å². The van der Waals surface area contributed by atoms with Crippen molar-refractivity contribution in [3.8, 4) is 11.5 Å². The predicted octanol–water partition coefficient (Wildman–Crippen LogP) is 2.32.